The summed E-state index contributed by atoms with van der Waals surface area (Å²) in [5, 5.41) is 3.21. The van der Waals surface area contributed by atoms with E-state index in [1.165, 1.54) is 57.1 Å². The molecule has 0 radical (unpaired) electrons. The molecule has 1 spiro atoms. The molecule has 2 aromatic carbocycles. The van der Waals surface area contributed by atoms with Crippen LogP contribution in [0.25, 0.3) is 11.3 Å². The number of amides is 1. The molecule has 2 N–H and O–H groups in total. The number of nitrogens with zero attached hydrogens (tertiary/aromatic N) is 3. The van der Waals surface area contributed by atoms with Crippen LogP contribution in [0, 0.1) is 19.3 Å². The topological polar surface area (TPSA) is 114 Å². The summed E-state index contributed by atoms with van der Waals surface area (Å²) in [5.74, 6) is -0.109. The Morgan fingerprint density at radius 2 is 1.72 bits per heavy atom. The maximum Gasteiger partial charge on any atom is 0.264 e. The van der Waals surface area contributed by atoms with E-state index in [1.807, 2.05) is 32.0 Å². The molecule has 1 amide bonds. The van der Waals surface area contributed by atoms with E-state index >= 15 is 0 Å². The Bertz CT molecular complexity index is 1640. The minimum atomic E-state index is -4.08. The zero-order valence-electron chi connectivity index (χ0n) is 24.8. The molecule has 3 heterocycles. The van der Waals surface area contributed by atoms with Crippen LogP contribution in [0.3, 0.4) is 0 Å². The molecular weight excluding hydrogens is 562 g/mol. The average Bonchev–Trinajstić information content (AvgIpc) is 2.97. The normalized spacial score (nSPS) is 25.0. The van der Waals surface area contributed by atoms with Gasteiger partial charge in [0.1, 0.15) is 6.10 Å². The third-order valence-electron chi connectivity index (χ3n) is 10.0. The van der Waals surface area contributed by atoms with Crippen LogP contribution in [0.4, 0.5) is 5.95 Å². The Labute approximate surface area is 253 Å². The number of hydrogen-bond donors (Lipinski definition) is 2. The SMILES string of the molecule is Cc1cccc(C)c1-c1cc2nc(n1)NS(=O)(=O)c1cccc(c1)C(=O)N[C@@H]1CN(C3CC4(CCCCC4)C3)CC[C@H]1O2. The number of sulfonamides is 1. The lowest BCUT2D eigenvalue weighted by atomic mass is 9.58. The molecule has 7 rings (SSSR count). The highest BCUT2D eigenvalue weighted by Crippen LogP contribution is 2.53. The molecule has 1 aromatic heterocycles. The van der Waals surface area contributed by atoms with Gasteiger partial charge in [0.25, 0.3) is 15.9 Å². The fourth-order valence-corrected chi connectivity index (χ4v) is 8.73. The van der Waals surface area contributed by atoms with Gasteiger partial charge in [-0.15, -0.1) is 0 Å². The first kappa shape index (κ1) is 28.3. The van der Waals surface area contributed by atoms with Crippen molar-refractivity contribution in [1.29, 1.82) is 0 Å². The van der Waals surface area contributed by atoms with Crippen LogP contribution >= 0.6 is 0 Å². The molecule has 1 saturated heterocycles. The molecule has 226 valence electrons. The van der Waals surface area contributed by atoms with Gasteiger partial charge in [-0.25, -0.2) is 18.1 Å². The highest BCUT2D eigenvalue weighted by Gasteiger charge is 2.48. The molecular formula is C33H39N5O4S. The van der Waals surface area contributed by atoms with Crippen LogP contribution in [0.2, 0.25) is 0 Å². The Kier molecular flexibility index (Phi) is 7.16. The maximum absolute atomic E-state index is 13.5. The van der Waals surface area contributed by atoms with Crippen LogP contribution < -0.4 is 14.8 Å². The zero-order valence-corrected chi connectivity index (χ0v) is 25.6. The van der Waals surface area contributed by atoms with Gasteiger partial charge in [-0.3, -0.25) is 9.69 Å². The van der Waals surface area contributed by atoms with E-state index < -0.39 is 10.0 Å². The van der Waals surface area contributed by atoms with Gasteiger partial charge in [-0.05, 0) is 80.7 Å². The van der Waals surface area contributed by atoms with Crippen molar-refractivity contribution in [2.75, 3.05) is 17.8 Å². The predicted octanol–water partition coefficient (Wildman–Crippen LogP) is 5.24. The Balaban J connectivity index is 1.25. The van der Waals surface area contributed by atoms with Crippen LogP contribution in [0.5, 0.6) is 5.88 Å². The lowest BCUT2D eigenvalue weighted by molar-refractivity contribution is -0.0514. The molecule has 2 atom stereocenters. The summed E-state index contributed by atoms with van der Waals surface area (Å²) in [7, 11) is -4.08. The molecule has 3 aromatic rings. The Morgan fingerprint density at radius 1 is 0.977 bits per heavy atom. The zero-order chi connectivity index (χ0) is 29.8. The molecule has 0 unspecified atom stereocenters. The third kappa shape index (κ3) is 5.51. The van der Waals surface area contributed by atoms with Crippen molar-refractivity contribution in [3.05, 3.63) is 65.2 Å². The minimum Gasteiger partial charge on any atom is -0.472 e. The van der Waals surface area contributed by atoms with Gasteiger partial charge < -0.3 is 10.1 Å². The van der Waals surface area contributed by atoms with E-state index in [9.17, 15) is 13.2 Å². The van der Waals surface area contributed by atoms with Gasteiger partial charge in [0.2, 0.25) is 11.8 Å². The number of carbonyl (C=O) groups excluding carboxylic acids is 1. The first-order valence-electron chi connectivity index (χ1n) is 15.5. The Hall–Kier alpha value is -3.50. The summed E-state index contributed by atoms with van der Waals surface area (Å²) in [6.07, 6.45) is 9.59. The van der Waals surface area contributed by atoms with Crippen LogP contribution in [0.15, 0.2) is 53.4 Å². The average molecular weight is 602 g/mol. The highest BCUT2D eigenvalue weighted by molar-refractivity contribution is 7.92. The highest BCUT2D eigenvalue weighted by atomic mass is 32.2. The molecule has 10 heteroatoms. The summed E-state index contributed by atoms with van der Waals surface area (Å²) in [4.78, 5) is 25.2. The van der Waals surface area contributed by atoms with Gasteiger partial charge >= 0.3 is 0 Å². The van der Waals surface area contributed by atoms with Gasteiger partial charge in [0.15, 0.2) is 0 Å². The number of piperidine rings is 1. The van der Waals surface area contributed by atoms with Crippen molar-refractivity contribution in [3.63, 3.8) is 0 Å². The van der Waals surface area contributed by atoms with Crippen molar-refractivity contribution in [2.24, 2.45) is 5.41 Å². The second kappa shape index (κ2) is 10.9. The van der Waals surface area contributed by atoms with Gasteiger partial charge in [-0.2, -0.15) is 4.98 Å². The predicted molar refractivity (Wildman–Crippen MR) is 165 cm³/mol. The molecule has 3 fully saturated rings. The molecule has 2 aliphatic carbocycles. The molecule has 43 heavy (non-hydrogen) atoms. The van der Waals surface area contributed by atoms with Crippen LogP contribution in [0.1, 0.15) is 72.9 Å². The van der Waals surface area contributed by atoms with E-state index in [4.69, 9.17) is 4.74 Å². The fraction of sp³-hybridized carbons (Fsp3) is 0.485. The number of hydrogen-bond acceptors (Lipinski definition) is 7. The standard InChI is InChI=1S/C33H39N5O4S/c1-21-8-6-9-22(2)30(21)26-17-29-36-32(35-26)37-43(40,41)25-11-7-10-23(16-25)31(39)34-27-20-38(15-12-28(27)42-29)24-18-33(19-24)13-4-3-5-14-33/h6-11,16-17,24,27-28H,3-5,12-15,18-20H2,1-2H3,(H,34,39)(H,35,36,37)/t27-,28-/m1/s1. The van der Waals surface area contributed by atoms with Crippen molar-refractivity contribution in [2.45, 2.75) is 88.3 Å². The number of rotatable bonds is 2. The quantitative estimate of drug-likeness (QED) is 0.413. The molecule has 9 nitrogen and oxygen atoms in total. The molecule has 4 bridgehead atoms. The number of anilines is 1. The lowest BCUT2D eigenvalue weighted by Gasteiger charge is -2.55. The minimum absolute atomic E-state index is 0.0305. The maximum atomic E-state index is 13.5. The van der Waals surface area contributed by atoms with Crippen molar-refractivity contribution >= 4 is 21.9 Å². The number of benzene rings is 2. The molecule has 4 aliphatic rings. The van der Waals surface area contributed by atoms with E-state index in [-0.39, 0.29) is 40.3 Å². The first-order valence-corrected chi connectivity index (χ1v) is 17.0. The smallest absolute Gasteiger partial charge is 0.264 e. The van der Waals surface area contributed by atoms with Crippen LogP contribution in [-0.2, 0) is 10.0 Å². The van der Waals surface area contributed by atoms with E-state index in [0.29, 0.717) is 23.7 Å². The third-order valence-corrected chi connectivity index (χ3v) is 11.3. The summed E-state index contributed by atoms with van der Waals surface area (Å²) < 4.78 is 35.9. The van der Waals surface area contributed by atoms with Crippen molar-refractivity contribution < 1.29 is 17.9 Å². The van der Waals surface area contributed by atoms with Gasteiger partial charge in [0.05, 0.1) is 16.6 Å². The summed E-state index contributed by atoms with van der Waals surface area (Å²) >= 11 is 0. The largest absolute Gasteiger partial charge is 0.472 e. The summed E-state index contributed by atoms with van der Waals surface area (Å²) in [6.45, 7) is 5.56. The van der Waals surface area contributed by atoms with E-state index in [0.717, 1.165) is 29.7 Å². The van der Waals surface area contributed by atoms with Crippen LogP contribution in [-0.4, -0.2) is 60.5 Å². The number of carbonyl (C=O) groups is 1. The molecule has 2 aliphatic heterocycles. The Morgan fingerprint density at radius 3 is 2.49 bits per heavy atom. The van der Waals surface area contributed by atoms with Gasteiger partial charge in [0, 0.05) is 36.3 Å². The lowest BCUT2D eigenvalue weighted by Crippen LogP contribution is -2.62. The fourth-order valence-electron chi connectivity index (χ4n) is 7.74. The number of nitrogens with one attached hydrogen (secondary N) is 2. The summed E-state index contributed by atoms with van der Waals surface area (Å²) in [6, 6.07) is 14.1. The van der Waals surface area contributed by atoms with E-state index in [2.05, 4.69) is 24.9 Å². The number of aromatic nitrogens is 2. The number of ether oxygens (including phenoxy) is 1. The van der Waals surface area contributed by atoms with E-state index in [1.54, 1.807) is 18.2 Å². The van der Waals surface area contributed by atoms with Crippen molar-refractivity contribution in [3.8, 4) is 17.1 Å². The second-order valence-corrected chi connectivity index (χ2v) is 14.6. The van der Waals surface area contributed by atoms with Crippen molar-refractivity contribution in [1.82, 2.24) is 20.2 Å². The number of aryl methyl sites for hydroxylation is 2. The number of fused-ring (bicyclic) bond motifs is 5. The second-order valence-electron chi connectivity index (χ2n) is 13.0. The first-order chi connectivity index (χ1) is 20.7. The molecule has 2 saturated carbocycles. The van der Waals surface area contributed by atoms with Gasteiger partial charge in [-0.1, -0.05) is 43.5 Å². The summed E-state index contributed by atoms with van der Waals surface area (Å²) in [5.41, 5.74) is 4.31. The number of likely N-dealkylation sites (tertiary alicyclic amines) is 1. The monoisotopic (exact) mass is 601 g/mol.